The largest absolute Gasteiger partial charge is 0.496 e. The van der Waals surface area contributed by atoms with Crippen LogP contribution in [0.5, 0.6) is 5.75 Å². The molecule has 0 spiro atoms. The average molecular weight is 311 g/mol. The second-order valence-electron chi connectivity index (χ2n) is 5.94. The van der Waals surface area contributed by atoms with E-state index in [-0.39, 0.29) is 0 Å². The first-order chi connectivity index (χ1) is 10.2. The van der Waals surface area contributed by atoms with Crippen molar-refractivity contribution in [2.24, 2.45) is 0 Å². The van der Waals surface area contributed by atoms with Crippen LogP contribution in [-0.2, 0) is 6.54 Å². The Kier molecular flexibility index (Phi) is 6.81. The lowest BCUT2D eigenvalue weighted by atomic mass is 10.0. The van der Waals surface area contributed by atoms with E-state index in [0.29, 0.717) is 12.1 Å². The van der Waals surface area contributed by atoms with Gasteiger partial charge in [0, 0.05) is 29.2 Å². The molecule has 1 aromatic carbocycles. The zero-order valence-electron chi connectivity index (χ0n) is 13.1. The fourth-order valence-corrected chi connectivity index (χ4v) is 3.22. The molecule has 1 saturated heterocycles. The summed E-state index contributed by atoms with van der Waals surface area (Å²) in [7, 11) is 1.69. The Morgan fingerprint density at radius 2 is 2.24 bits per heavy atom. The quantitative estimate of drug-likeness (QED) is 0.839. The highest BCUT2D eigenvalue weighted by molar-refractivity contribution is 6.31. The summed E-state index contributed by atoms with van der Waals surface area (Å²) < 4.78 is 5.39. The maximum absolute atomic E-state index is 6.27. The number of ether oxygens (including phenoxy) is 1. The van der Waals surface area contributed by atoms with Crippen molar-refractivity contribution in [1.82, 2.24) is 10.6 Å². The van der Waals surface area contributed by atoms with Gasteiger partial charge in [-0.2, -0.15) is 0 Å². The van der Waals surface area contributed by atoms with E-state index in [2.05, 4.69) is 17.6 Å². The molecule has 1 aromatic rings. The molecule has 2 unspecified atom stereocenters. The summed E-state index contributed by atoms with van der Waals surface area (Å²) in [6, 6.07) is 6.90. The van der Waals surface area contributed by atoms with Crippen LogP contribution in [0, 0.1) is 0 Å². The van der Waals surface area contributed by atoms with Gasteiger partial charge in [0.15, 0.2) is 0 Å². The molecule has 4 heteroatoms. The van der Waals surface area contributed by atoms with Gasteiger partial charge in [-0.1, -0.05) is 30.5 Å². The van der Waals surface area contributed by atoms with E-state index < -0.39 is 0 Å². The molecule has 118 valence electrons. The molecule has 0 amide bonds. The van der Waals surface area contributed by atoms with Crippen LogP contribution in [0.1, 0.15) is 44.6 Å². The minimum absolute atomic E-state index is 0.460. The molecule has 0 bridgehead atoms. The number of methoxy groups -OCH3 is 1. The first kappa shape index (κ1) is 16.6. The van der Waals surface area contributed by atoms with Gasteiger partial charge in [0.1, 0.15) is 5.75 Å². The van der Waals surface area contributed by atoms with Crippen molar-refractivity contribution >= 4 is 11.6 Å². The van der Waals surface area contributed by atoms with E-state index in [9.17, 15) is 0 Å². The molecular formula is C17H27ClN2O. The maximum atomic E-state index is 6.27. The first-order valence-corrected chi connectivity index (χ1v) is 8.36. The summed E-state index contributed by atoms with van der Waals surface area (Å²) in [4.78, 5) is 0. The highest BCUT2D eigenvalue weighted by Gasteiger charge is 2.15. The lowest BCUT2D eigenvalue weighted by Crippen LogP contribution is -2.36. The van der Waals surface area contributed by atoms with Crippen LogP contribution in [0.4, 0.5) is 0 Å². The lowest BCUT2D eigenvalue weighted by Gasteiger charge is -2.22. The molecule has 1 aliphatic heterocycles. The molecule has 2 N–H and O–H groups in total. The second-order valence-corrected chi connectivity index (χ2v) is 6.35. The Labute approximate surface area is 133 Å². The van der Waals surface area contributed by atoms with Crippen LogP contribution < -0.4 is 15.4 Å². The predicted molar refractivity (Wildman–Crippen MR) is 89.2 cm³/mol. The fraction of sp³-hybridized carbons (Fsp3) is 0.647. The zero-order valence-corrected chi connectivity index (χ0v) is 13.9. The van der Waals surface area contributed by atoms with Gasteiger partial charge in [0.25, 0.3) is 0 Å². The third kappa shape index (κ3) is 5.17. The monoisotopic (exact) mass is 310 g/mol. The van der Waals surface area contributed by atoms with Gasteiger partial charge in [0.05, 0.1) is 7.11 Å². The fourth-order valence-electron chi connectivity index (χ4n) is 2.99. The normalized spacial score (nSPS) is 20.8. The Morgan fingerprint density at radius 1 is 1.38 bits per heavy atom. The van der Waals surface area contributed by atoms with Crippen LogP contribution in [0.25, 0.3) is 0 Å². The van der Waals surface area contributed by atoms with Crippen molar-refractivity contribution in [1.29, 1.82) is 0 Å². The highest BCUT2D eigenvalue weighted by atomic mass is 35.5. The maximum Gasteiger partial charge on any atom is 0.124 e. The number of halogens is 1. The van der Waals surface area contributed by atoms with E-state index in [1.807, 2.05) is 18.2 Å². The van der Waals surface area contributed by atoms with Crippen molar-refractivity contribution in [3.05, 3.63) is 28.8 Å². The van der Waals surface area contributed by atoms with E-state index in [4.69, 9.17) is 16.3 Å². The van der Waals surface area contributed by atoms with Crippen LogP contribution in [0.2, 0.25) is 5.02 Å². The summed E-state index contributed by atoms with van der Waals surface area (Å²) in [5, 5.41) is 8.00. The van der Waals surface area contributed by atoms with Crippen LogP contribution >= 0.6 is 11.6 Å². The van der Waals surface area contributed by atoms with E-state index in [1.54, 1.807) is 7.11 Å². The SMILES string of the molecule is COc1cccc(Cl)c1CNC(C)CC1CCCCCN1. The molecule has 21 heavy (non-hydrogen) atoms. The molecule has 1 fully saturated rings. The van der Waals surface area contributed by atoms with E-state index >= 15 is 0 Å². The number of nitrogens with one attached hydrogen (secondary N) is 2. The van der Waals surface area contributed by atoms with Crippen molar-refractivity contribution in [3.8, 4) is 5.75 Å². The van der Waals surface area contributed by atoms with Gasteiger partial charge in [-0.3, -0.25) is 0 Å². The van der Waals surface area contributed by atoms with Gasteiger partial charge < -0.3 is 15.4 Å². The highest BCUT2D eigenvalue weighted by Crippen LogP contribution is 2.26. The number of benzene rings is 1. The smallest absolute Gasteiger partial charge is 0.124 e. The topological polar surface area (TPSA) is 33.3 Å². The lowest BCUT2D eigenvalue weighted by molar-refractivity contribution is 0.389. The Balaban J connectivity index is 1.84. The van der Waals surface area contributed by atoms with Crippen molar-refractivity contribution in [2.75, 3.05) is 13.7 Å². The predicted octanol–water partition coefficient (Wildman–Crippen LogP) is 3.75. The Bertz CT molecular complexity index is 431. The van der Waals surface area contributed by atoms with Crippen molar-refractivity contribution in [2.45, 2.75) is 57.7 Å². The molecule has 0 aliphatic carbocycles. The molecule has 0 saturated carbocycles. The molecular weight excluding hydrogens is 284 g/mol. The molecule has 2 atom stereocenters. The van der Waals surface area contributed by atoms with Crippen molar-refractivity contribution in [3.63, 3.8) is 0 Å². The Morgan fingerprint density at radius 3 is 3.05 bits per heavy atom. The number of hydrogen-bond donors (Lipinski definition) is 2. The minimum atomic E-state index is 0.460. The van der Waals surface area contributed by atoms with E-state index in [0.717, 1.165) is 35.8 Å². The number of hydrogen-bond acceptors (Lipinski definition) is 3. The van der Waals surface area contributed by atoms with Crippen LogP contribution in [0.15, 0.2) is 18.2 Å². The van der Waals surface area contributed by atoms with Gasteiger partial charge in [-0.15, -0.1) is 0 Å². The molecule has 2 rings (SSSR count). The standard InChI is InChI=1S/C17H27ClN2O/c1-13(11-14-7-4-3-5-10-19-14)20-12-15-16(18)8-6-9-17(15)21-2/h6,8-9,13-14,19-20H,3-5,7,10-12H2,1-2H3. The van der Waals surface area contributed by atoms with Gasteiger partial charge in [-0.05, 0) is 44.9 Å². The molecule has 0 aromatic heterocycles. The van der Waals surface area contributed by atoms with E-state index in [1.165, 1.54) is 25.7 Å². The average Bonchev–Trinajstić information content (AvgIpc) is 2.74. The molecule has 0 radical (unpaired) electrons. The molecule has 3 nitrogen and oxygen atoms in total. The second kappa shape index (κ2) is 8.62. The van der Waals surface area contributed by atoms with Crippen LogP contribution in [0.3, 0.4) is 0 Å². The van der Waals surface area contributed by atoms with Gasteiger partial charge in [0.2, 0.25) is 0 Å². The van der Waals surface area contributed by atoms with Gasteiger partial charge in [-0.25, -0.2) is 0 Å². The van der Waals surface area contributed by atoms with Crippen molar-refractivity contribution < 1.29 is 4.74 Å². The minimum Gasteiger partial charge on any atom is -0.496 e. The number of rotatable bonds is 6. The molecule has 1 aliphatic rings. The summed E-state index contributed by atoms with van der Waals surface area (Å²) in [6.07, 6.45) is 6.48. The third-order valence-electron chi connectivity index (χ3n) is 4.22. The summed E-state index contributed by atoms with van der Waals surface area (Å²) >= 11 is 6.27. The molecule has 1 heterocycles. The Hall–Kier alpha value is -0.770. The summed E-state index contributed by atoms with van der Waals surface area (Å²) in [5.74, 6) is 0.856. The third-order valence-corrected chi connectivity index (χ3v) is 4.58. The first-order valence-electron chi connectivity index (χ1n) is 7.99. The summed E-state index contributed by atoms with van der Waals surface area (Å²) in [6.45, 7) is 4.16. The summed E-state index contributed by atoms with van der Waals surface area (Å²) in [5.41, 5.74) is 1.04. The van der Waals surface area contributed by atoms with Gasteiger partial charge >= 0.3 is 0 Å². The zero-order chi connectivity index (χ0) is 15.1. The van der Waals surface area contributed by atoms with Crippen LogP contribution in [-0.4, -0.2) is 25.7 Å².